The van der Waals surface area contributed by atoms with Gasteiger partial charge in [0.2, 0.25) is 0 Å². The second-order valence-corrected chi connectivity index (χ2v) is 7.71. The van der Waals surface area contributed by atoms with Crippen LogP contribution in [0.25, 0.3) is 11.3 Å². The third-order valence-corrected chi connectivity index (χ3v) is 4.93. The van der Waals surface area contributed by atoms with Gasteiger partial charge in [-0.2, -0.15) is 5.10 Å². The Bertz CT molecular complexity index is 650. The minimum absolute atomic E-state index is 0.201. The van der Waals surface area contributed by atoms with Crippen molar-refractivity contribution in [3.63, 3.8) is 0 Å². The third kappa shape index (κ3) is 2.61. The van der Waals surface area contributed by atoms with Gasteiger partial charge in [-0.25, -0.2) is 4.68 Å². The Balaban J connectivity index is 2.10. The Morgan fingerprint density at radius 2 is 1.90 bits per heavy atom. The molecule has 0 spiro atoms. The van der Waals surface area contributed by atoms with Crippen molar-refractivity contribution >= 4 is 21.7 Å². The minimum atomic E-state index is 0.201. The molecule has 1 atom stereocenters. The predicted molar refractivity (Wildman–Crippen MR) is 91.7 cm³/mol. The average Bonchev–Trinajstić information content (AvgIpc) is 2.76. The van der Waals surface area contributed by atoms with Gasteiger partial charge in [0.05, 0.1) is 10.5 Å². The van der Waals surface area contributed by atoms with Crippen LogP contribution in [0.5, 0.6) is 0 Å². The zero-order valence-electron chi connectivity index (χ0n) is 13.1. The highest BCUT2D eigenvalue weighted by Crippen LogP contribution is 2.43. The maximum absolute atomic E-state index is 4.91. The van der Waals surface area contributed by atoms with Crippen LogP contribution in [-0.2, 0) is 0 Å². The Hall–Kier alpha value is -1.29. The number of halogens is 1. The van der Waals surface area contributed by atoms with Gasteiger partial charge in [-0.1, -0.05) is 50.6 Å². The molecule has 21 heavy (non-hydrogen) atoms. The summed E-state index contributed by atoms with van der Waals surface area (Å²) >= 11 is 3.74. The van der Waals surface area contributed by atoms with Crippen LogP contribution in [0.3, 0.4) is 0 Å². The van der Waals surface area contributed by atoms with Crippen LogP contribution in [0.2, 0.25) is 0 Å². The second kappa shape index (κ2) is 5.16. The Kier molecular flexibility index (Phi) is 3.60. The van der Waals surface area contributed by atoms with Crippen molar-refractivity contribution in [3.8, 4) is 11.3 Å². The fourth-order valence-electron chi connectivity index (χ4n) is 2.94. The van der Waals surface area contributed by atoms with Gasteiger partial charge in [-0.15, -0.1) is 0 Å². The average molecular weight is 348 g/mol. The van der Waals surface area contributed by atoms with E-state index in [1.54, 1.807) is 0 Å². The molecule has 1 unspecified atom stereocenters. The number of benzene rings is 1. The highest BCUT2D eigenvalue weighted by Gasteiger charge is 2.33. The van der Waals surface area contributed by atoms with E-state index in [9.17, 15) is 0 Å². The van der Waals surface area contributed by atoms with Gasteiger partial charge in [-0.3, -0.25) is 0 Å². The van der Waals surface area contributed by atoms with Gasteiger partial charge in [0.25, 0.3) is 0 Å². The van der Waals surface area contributed by atoms with Crippen molar-refractivity contribution in [1.82, 2.24) is 9.78 Å². The first-order valence-electron chi connectivity index (χ1n) is 7.47. The molecule has 0 saturated heterocycles. The van der Waals surface area contributed by atoms with E-state index in [2.05, 4.69) is 77.9 Å². The van der Waals surface area contributed by atoms with Gasteiger partial charge < -0.3 is 5.32 Å². The van der Waals surface area contributed by atoms with Crippen LogP contribution >= 0.6 is 15.9 Å². The summed E-state index contributed by atoms with van der Waals surface area (Å²) in [5.74, 6) is 1.11. The molecule has 3 nitrogen and oxygen atoms in total. The summed E-state index contributed by atoms with van der Waals surface area (Å²) in [5.41, 5.74) is 3.65. The summed E-state index contributed by atoms with van der Waals surface area (Å²) < 4.78 is 3.24. The SMILES string of the molecule is Cc1ccc(-c2nn3c(c2Br)NCCC3C(C)(C)C)cc1. The molecule has 0 saturated carbocycles. The van der Waals surface area contributed by atoms with Crippen molar-refractivity contribution in [2.45, 2.75) is 40.2 Å². The second-order valence-electron chi connectivity index (χ2n) is 6.92. The molecule has 0 radical (unpaired) electrons. The summed E-state index contributed by atoms with van der Waals surface area (Å²) in [4.78, 5) is 0. The fourth-order valence-corrected chi connectivity index (χ4v) is 3.57. The van der Waals surface area contributed by atoms with E-state index in [-0.39, 0.29) is 5.41 Å². The number of fused-ring (bicyclic) bond motifs is 1. The molecule has 2 heterocycles. The van der Waals surface area contributed by atoms with Crippen molar-refractivity contribution in [2.24, 2.45) is 5.41 Å². The van der Waals surface area contributed by atoms with Gasteiger partial charge in [0.1, 0.15) is 11.5 Å². The Labute approximate surface area is 134 Å². The van der Waals surface area contributed by atoms with Gasteiger partial charge >= 0.3 is 0 Å². The van der Waals surface area contributed by atoms with E-state index >= 15 is 0 Å². The van der Waals surface area contributed by atoms with Crippen molar-refractivity contribution in [2.75, 3.05) is 11.9 Å². The lowest BCUT2D eigenvalue weighted by Crippen LogP contribution is -2.32. The van der Waals surface area contributed by atoms with E-state index < -0.39 is 0 Å². The van der Waals surface area contributed by atoms with E-state index in [4.69, 9.17) is 5.10 Å². The topological polar surface area (TPSA) is 29.9 Å². The number of anilines is 1. The van der Waals surface area contributed by atoms with Crippen LogP contribution < -0.4 is 5.32 Å². The van der Waals surface area contributed by atoms with Crippen LogP contribution in [-0.4, -0.2) is 16.3 Å². The molecule has 4 heteroatoms. The fraction of sp³-hybridized carbons (Fsp3) is 0.471. The third-order valence-electron chi connectivity index (χ3n) is 4.18. The summed E-state index contributed by atoms with van der Waals surface area (Å²) in [7, 11) is 0. The molecule has 0 fully saturated rings. The molecule has 1 aromatic carbocycles. The van der Waals surface area contributed by atoms with E-state index in [0.717, 1.165) is 34.5 Å². The highest BCUT2D eigenvalue weighted by atomic mass is 79.9. The summed E-state index contributed by atoms with van der Waals surface area (Å²) in [5, 5.41) is 8.39. The van der Waals surface area contributed by atoms with Gasteiger partial charge in [-0.05, 0) is 34.7 Å². The molecule has 2 aromatic rings. The summed E-state index contributed by atoms with van der Waals surface area (Å²) in [6.45, 7) is 9.96. The molecule has 0 bridgehead atoms. The van der Waals surface area contributed by atoms with Crippen molar-refractivity contribution < 1.29 is 0 Å². The van der Waals surface area contributed by atoms with E-state index in [1.165, 1.54) is 5.56 Å². The number of hydrogen-bond acceptors (Lipinski definition) is 2. The molecule has 1 aromatic heterocycles. The minimum Gasteiger partial charge on any atom is -0.369 e. The van der Waals surface area contributed by atoms with Crippen LogP contribution in [0.1, 0.15) is 38.8 Å². The number of aryl methyl sites for hydroxylation is 1. The standard InChI is InChI=1S/C17H22BrN3/c1-11-5-7-12(8-6-11)15-14(18)16-19-10-9-13(17(2,3)4)21(16)20-15/h5-8,13,19H,9-10H2,1-4H3. The van der Waals surface area contributed by atoms with Crippen LogP contribution in [0, 0.1) is 12.3 Å². The largest absolute Gasteiger partial charge is 0.369 e. The van der Waals surface area contributed by atoms with Crippen LogP contribution in [0.4, 0.5) is 5.82 Å². The van der Waals surface area contributed by atoms with Gasteiger partial charge in [0, 0.05) is 12.1 Å². The lowest BCUT2D eigenvalue weighted by atomic mass is 9.84. The van der Waals surface area contributed by atoms with Gasteiger partial charge in [0.15, 0.2) is 0 Å². The normalized spacial score (nSPS) is 18.2. The first-order valence-corrected chi connectivity index (χ1v) is 8.26. The quantitative estimate of drug-likeness (QED) is 0.784. The Morgan fingerprint density at radius 3 is 2.52 bits per heavy atom. The molecule has 1 aliphatic heterocycles. The molecule has 0 amide bonds. The molecular weight excluding hydrogens is 326 g/mol. The molecule has 1 N–H and O–H groups in total. The first-order chi connectivity index (χ1) is 9.88. The monoisotopic (exact) mass is 347 g/mol. The maximum atomic E-state index is 4.91. The number of aromatic nitrogens is 2. The lowest BCUT2D eigenvalue weighted by molar-refractivity contribution is 0.210. The number of hydrogen-bond donors (Lipinski definition) is 1. The van der Waals surface area contributed by atoms with E-state index in [0.29, 0.717) is 6.04 Å². The molecule has 0 aliphatic carbocycles. The van der Waals surface area contributed by atoms with Crippen molar-refractivity contribution in [1.29, 1.82) is 0 Å². The molecule has 3 rings (SSSR count). The van der Waals surface area contributed by atoms with E-state index in [1.807, 2.05) is 0 Å². The first kappa shape index (κ1) is 14.6. The zero-order chi connectivity index (χ0) is 15.2. The number of rotatable bonds is 1. The maximum Gasteiger partial charge on any atom is 0.139 e. The number of nitrogens with one attached hydrogen (secondary N) is 1. The van der Waals surface area contributed by atoms with Crippen molar-refractivity contribution in [3.05, 3.63) is 34.3 Å². The predicted octanol–water partition coefficient (Wildman–Crippen LogP) is 5.02. The van der Waals surface area contributed by atoms with Crippen LogP contribution in [0.15, 0.2) is 28.7 Å². The Morgan fingerprint density at radius 1 is 1.24 bits per heavy atom. The smallest absolute Gasteiger partial charge is 0.139 e. The summed E-state index contributed by atoms with van der Waals surface area (Å²) in [6.07, 6.45) is 1.11. The summed E-state index contributed by atoms with van der Waals surface area (Å²) in [6, 6.07) is 8.97. The zero-order valence-corrected chi connectivity index (χ0v) is 14.7. The molecule has 112 valence electrons. The molecular formula is C17H22BrN3. The highest BCUT2D eigenvalue weighted by molar-refractivity contribution is 9.10. The number of nitrogens with zero attached hydrogens (tertiary/aromatic N) is 2. The lowest BCUT2D eigenvalue weighted by Gasteiger charge is -2.35. The molecule has 1 aliphatic rings.